The predicted molar refractivity (Wildman–Crippen MR) is 262 cm³/mol. The monoisotopic (exact) mass is 794 g/mol. The summed E-state index contributed by atoms with van der Waals surface area (Å²) in [4.78, 5) is 2.38. The highest BCUT2D eigenvalue weighted by atomic mass is 32.1. The van der Waals surface area contributed by atoms with Crippen molar-refractivity contribution in [1.82, 2.24) is 4.57 Å². The molecule has 2 aromatic heterocycles. The van der Waals surface area contributed by atoms with Crippen molar-refractivity contribution in [2.75, 3.05) is 4.90 Å². The molecule has 0 aliphatic carbocycles. The van der Waals surface area contributed by atoms with Gasteiger partial charge in [0, 0.05) is 53.7 Å². The molecule has 0 aliphatic heterocycles. The summed E-state index contributed by atoms with van der Waals surface area (Å²) >= 11 is 1.86. The summed E-state index contributed by atoms with van der Waals surface area (Å²) in [5.74, 6) is 0. The molecule has 12 rings (SSSR count). The molecule has 0 radical (unpaired) electrons. The summed E-state index contributed by atoms with van der Waals surface area (Å²) in [6.45, 7) is 0. The van der Waals surface area contributed by atoms with Crippen LogP contribution in [0.15, 0.2) is 231 Å². The Balaban J connectivity index is 0.946. The number of hydrogen-bond donors (Lipinski definition) is 0. The molecule has 286 valence electrons. The molecular formula is C58H38N2S. The maximum absolute atomic E-state index is 2.39. The van der Waals surface area contributed by atoms with Gasteiger partial charge in [0.25, 0.3) is 0 Å². The fourth-order valence-corrected chi connectivity index (χ4v) is 10.3. The Morgan fingerprint density at radius 2 is 0.820 bits per heavy atom. The summed E-state index contributed by atoms with van der Waals surface area (Å²) < 4.78 is 5.03. The van der Waals surface area contributed by atoms with E-state index in [0.717, 1.165) is 22.7 Å². The zero-order valence-electron chi connectivity index (χ0n) is 33.2. The molecule has 0 atom stereocenters. The molecule has 0 fully saturated rings. The first-order valence-electron chi connectivity index (χ1n) is 20.8. The Morgan fingerprint density at radius 1 is 0.295 bits per heavy atom. The minimum absolute atomic E-state index is 1.09. The van der Waals surface area contributed by atoms with Crippen LogP contribution >= 0.6 is 11.3 Å². The van der Waals surface area contributed by atoms with E-state index in [0.29, 0.717) is 0 Å². The molecule has 61 heavy (non-hydrogen) atoms. The highest BCUT2D eigenvalue weighted by molar-refractivity contribution is 7.25. The van der Waals surface area contributed by atoms with Crippen LogP contribution in [0.4, 0.5) is 17.1 Å². The number of thiophene rings is 1. The van der Waals surface area contributed by atoms with Crippen LogP contribution < -0.4 is 4.90 Å². The molecule has 2 nitrogen and oxygen atoms in total. The van der Waals surface area contributed by atoms with Crippen LogP contribution in [0.3, 0.4) is 0 Å². The van der Waals surface area contributed by atoms with E-state index in [9.17, 15) is 0 Å². The quantitative estimate of drug-likeness (QED) is 0.156. The highest BCUT2D eigenvalue weighted by Crippen LogP contribution is 2.41. The smallest absolute Gasteiger partial charge is 0.0541 e. The molecule has 0 spiro atoms. The molecular weight excluding hydrogens is 757 g/mol. The Hall–Kier alpha value is -7.72. The summed E-state index contributed by atoms with van der Waals surface area (Å²) in [5.41, 5.74) is 14.0. The van der Waals surface area contributed by atoms with Crippen molar-refractivity contribution in [2.24, 2.45) is 0 Å². The third kappa shape index (κ3) is 6.18. The van der Waals surface area contributed by atoms with Crippen molar-refractivity contribution in [3.05, 3.63) is 231 Å². The van der Waals surface area contributed by atoms with E-state index in [1.165, 1.54) is 86.1 Å². The van der Waals surface area contributed by atoms with Crippen molar-refractivity contribution in [3.8, 4) is 39.1 Å². The Labute approximate surface area is 358 Å². The zero-order chi connectivity index (χ0) is 40.3. The van der Waals surface area contributed by atoms with Crippen LogP contribution in [0.5, 0.6) is 0 Å². The first-order valence-corrected chi connectivity index (χ1v) is 21.6. The van der Waals surface area contributed by atoms with E-state index in [4.69, 9.17) is 0 Å². The molecule has 3 heteroatoms. The van der Waals surface area contributed by atoms with Gasteiger partial charge in [-0.1, -0.05) is 152 Å². The van der Waals surface area contributed by atoms with Crippen LogP contribution in [0.2, 0.25) is 0 Å². The summed E-state index contributed by atoms with van der Waals surface area (Å²) in [7, 11) is 0. The van der Waals surface area contributed by atoms with Crippen molar-refractivity contribution >= 4 is 81.1 Å². The lowest BCUT2D eigenvalue weighted by molar-refractivity contribution is 1.17. The van der Waals surface area contributed by atoms with Crippen LogP contribution in [-0.2, 0) is 0 Å². The van der Waals surface area contributed by atoms with Gasteiger partial charge in [-0.05, 0) is 123 Å². The number of para-hydroxylation sites is 2. The topological polar surface area (TPSA) is 8.17 Å². The van der Waals surface area contributed by atoms with Gasteiger partial charge in [-0.3, -0.25) is 0 Å². The van der Waals surface area contributed by atoms with Gasteiger partial charge in [-0.2, -0.15) is 0 Å². The average molecular weight is 795 g/mol. The second-order valence-corrected chi connectivity index (χ2v) is 16.9. The van der Waals surface area contributed by atoms with E-state index in [1.54, 1.807) is 0 Å². The van der Waals surface area contributed by atoms with Gasteiger partial charge in [0.2, 0.25) is 0 Å². The fourth-order valence-electron chi connectivity index (χ4n) is 9.18. The number of aromatic nitrogens is 1. The van der Waals surface area contributed by atoms with Crippen LogP contribution in [0, 0.1) is 0 Å². The number of nitrogens with zero attached hydrogens (tertiary/aromatic N) is 2. The number of rotatable bonds is 7. The van der Waals surface area contributed by atoms with Crippen molar-refractivity contribution < 1.29 is 0 Å². The highest BCUT2D eigenvalue weighted by Gasteiger charge is 2.17. The lowest BCUT2D eigenvalue weighted by atomic mass is 9.97. The van der Waals surface area contributed by atoms with Crippen molar-refractivity contribution in [2.45, 2.75) is 0 Å². The molecule has 0 saturated heterocycles. The third-order valence-electron chi connectivity index (χ3n) is 12.2. The second kappa shape index (κ2) is 14.5. The van der Waals surface area contributed by atoms with Gasteiger partial charge in [0.1, 0.15) is 0 Å². The van der Waals surface area contributed by atoms with E-state index < -0.39 is 0 Å². The minimum Gasteiger partial charge on any atom is -0.310 e. The van der Waals surface area contributed by atoms with Crippen molar-refractivity contribution in [1.29, 1.82) is 0 Å². The van der Waals surface area contributed by atoms with E-state index in [-0.39, 0.29) is 0 Å². The third-order valence-corrected chi connectivity index (χ3v) is 13.3. The first kappa shape index (κ1) is 35.2. The van der Waals surface area contributed by atoms with Gasteiger partial charge in [0.05, 0.1) is 11.0 Å². The fraction of sp³-hybridized carbons (Fsp3) is 0. The van der Waals surface area contributed by atoms with Gasteiger partial charge in [-0.25, -0.2) is 0 Å². The zero-order valence-corrected chi connectivity index (χ0v) is 34.1. The van der Waals surface area contributed by atoms with Crippen LogP contribution in [0.25, 0.3) is 91.8 Å². The predicted octanol–water partition coefficient (Wildman–Crippen LogP) is 16.8. The van der Waals surface area contributed by atoms with Crippen molar-refractivity contribution in [3.63, 3.8) is 0 Å². The number of hydrogen-bond acceptors (Lipinski definition) is 2. The molecule has 0 saturated carbocycles. The van der Waals surface area contributed by atoms with Crippen LogP contribution in [0.1, 0.15) is 0 Å². The molecule has 0 amide bonds. The Bertz CT molecular complexity index is 3540. The van der Waals surface area contributed by atoms with Gasteiger partial charge >= 0.3 is 0 Å². The summed E-state index contributed by atoms with van der Waals surface area (Å²) in [6.07, 6.45) is 0. The number of fused-ring (bicyclic) bond motifs is 7. The van der Waals surface area contributed by atoms with E-state index in [1.807, 2.05) is 11.3 Å². The molecule has 12 aromatic rings. The van der Waals surface area contributed by atoms with Gasteiger partial charge in [-0.15, -0.1) is 11.3 Å². The van der Waals surface area contributed by atoms with E-state index >= 15 is 0 Å². The normalized spacial score (nSPS) is 11.6. The molecule has 0 bridgehead atoms. The minimum atomic E-state index is 1.09. The lowest BCUT2D eigenvalue weighted by Gasteiger charge is -2.26. The lowest BCUT2D eigenvalue weighted by Crippen LogP contribution is -2.10. The Morgan fingerprint density at radius 3 is 1.54 bits per heavy atom. The van der Waals surface area contributed by atoms with Crippen LogP contribution in [-0.4, -0.2) is 4.57 Å². The maximum Gasteiger partial charge on any atom is 0.0541 e. The molecule has 0 aliphatic rings. The SMILES string of the molecule is c1cc(-c2ccc(N(c3ccc(-c4ccc5c(c4)sc4ccccc45)cc3)c3cccc(-n4c5ccccc5c5ccccc54)c3)cc2)cc(-c2ccc3ccccc3c2)c1. The second-order valence-electron chi connectivity index (χ2n) is 15.8. The number of benzene rings is 10. The number of anilines is 3. The van der Waals surface area contributed by atoms with Gasteiger partial charge in [0.15, 0.2) is 0 Å². The first-order chi connectivity index (χ1) is 30.2. The maximum atomic E-state index is 2.39. The average Bonchev–Trinajstić information content (AvgIpc) is 3.88. The van der Waals surface area contributed by atoms with E-state index in [2.05, 4.69) is 240 Å². The molecule has 0 unspecified atom stereocenters. The Kier molecular flexibility index (Phi) is 8.39. The molecule has 2 heterocycles. The molecule has 10 aromatic carbocycles. The standard InChI is InChI=1S/C58H38N2S/c1-2-12-42-36-45(24-23-39(42)11-1)44-14-9-13-43(35-44)40-25-30-47(31-26-40)59(48-32-27-41(28-33-48)46-29-34-54-53-19-5-8-22-57(53)61-58(54)37-46)49-15-10-16-50(38-49)60-55-20-6-3-17-51(55)52-18-4-7-21-56(52)60/h1-38H. The summed E-state index contributed by atoms with van der Waals surface area (Å²) in [5, 5.41) is 7.66. The summed E-state index contributed by atoms with van der Waals surface area (Å²) in [6, 6.07) is 84.2. The molecule has 0 N–H and O–H groups in total. The van der Waals surface area contributed by atoms with Gasteiger partial charge < -0.3 is 9.47 Å². The largest absolute Gasteiger partial charge is 0.310 e.